The lowest BCUT2D eigenvalue weighted by Crippen LogP contribution is -2.64. The van der Waals surface area contributed by atoms with Gasteiger partial charge in [0.1, 0.15) is 0 Å². The van der Waals surface area contributed by atoms with Crippen LogP contribution >= 0.6 is 0 Å². The number of fused-ring (bicyclic) bond motifs is 3. The Balaban J connectivity index is 1.64. The molecule has 0 aromatic heterocycles. The highest BCUT2D eigenvalue weighted by Gasteiger charge is 2.54. The van der Waals surface area contributed by atoms with Gasteiger partial charge in [-0.15, -0.1) is 0 Å². The lowest BCUT2D eigenvalue weighted by atomic mass is 10.1. The Morgan fingerprint density at radius 3 is 2.63 bits per heavy atom. The summed E-state index contributed by atoms with van der Waals surface area (Å²) in [6.07, 6.45) is 1.33. The first-order valence-electron chi connectivity index (χ1n) is 9.71. The molecule has 0 bridgehead atoms. The molecule has 7 heteroatoms. The van der Waals surface area contributed by atoms with Gasteiger partial charge in [-0.25, -0.2) is 9.79 Å². The van der Waals surface area contributed by atoms with Crippen molar-refractivity contribution in [1.82, 2.24) is 14.7 Å². The fourth-order valence-corrected chi connectivity index (χ4v) is 4.10. The predicted molar refractivity (Wildman–Crippen MR) is 105 cm³/mol. The Bertz CT molecular complexity index is 821. The maximum Gasteiger partial charge on any atom is 0.328 e. The zero-order valence-corrected chi connectivity index (χ0v) is 16.5. The van der Waals surface area contributed by atoms with Gasteiger partial charge >= 0.3 is 6.03 Å². The Morgan fingerprint density at radius 1 is 1.15 bits per heavy atom. The fourth-order valence-electron chi connectivity index (χ4n) is 4.10. The summed E-state index contributed by atoms with van der Waals surface area (Å²) in [5.74, 6) is 0.691. The second-order valence-corrected chi connectivity index (χ2v) is 7.64. The van der Waals surface area contributed by atoms with E-state index < -0.39 is 12.2 Å². The van der Waals surface area contributed by atoms with Gasteiger partial charge in [0.15, 0.2) is 12.2 Å². The summed E-state index contributed by atoms with van der Waals surface area (Å²) in [6, 6.07) is 5.73. The largest absolute Gasteiger partial charge is 0.328 e. The van der Waals surface area contributed by atoms with E-state index in [-0.39, 0.29) is 11.9 Å². The Morgan fingerprint density at radius 2 is 1.93 bits per heavy atom. The van der Waals surface area contributed by atoms with Gasteiger partial charge in [0.25, 0.3) is 5.91 Å². The van der Waals surface area contributed by atoms with E-state index in [1.165, 1.54) is 16.0 Å². The molecule has 7 nitrogen and oxygen atoms in total. The molecule has 1 aromatic rings. The maximum atomic E-state index is 13.1. The van der Waals surface area contributed by atoms with E-state index >= 15 is 0 Å². The summed E-state index contributed by atoms with van der Waals surface area (Å²) in [7, 11) is 1.75. The van der Waals surface area contributed by atoms with Gasteiger partial charge in [-0.2, -0.15) is 0 Å². The van der Waals surface area contributed by atoms with Crippen LogP contribution in [-0.2, 0) is 4.79 Å². The number of carbonyl (C=O) groups is 2. The van der Waals surface area contributed by atoms with Gasteiger partial charge < -0.3 is 14.7 Å². The van der Waals surface area contributed by atoms with Crippen LogP contribution in [0.15, 0.2) is 23.2 Å². The molecule has 3 aliphatic heterocycles. The Hall–Kier alpha value is -2.57. The molecule has 0 radical (unpaired) electrons. The zero-order valence-electron chi connectivity index (χ0n) is 16.5. The van der Waals surface area contributed by atoms with E-state index in [9.17, 15) is 9.59 Å². The van der Waals surface area contributed by atoms with Gasteiger partial charge in [-0.05, 0) is 43.5 Å². The van der Waals surface area contributed by atoms with Crippen LogP contribution in [0.2, 0.25) is 0 Å². The molecule has 1 aromatic carbocycles. The first-order chi connectivity index (χ1) is 12.9. The number of hydrogen-bond acceptors (Lipinski definition) is 5. The predicted octanol–water partition coefficient (Wildman–Crippen LogP) is 2.18. The fraction of sp³-hybridized carbons (Fsp3) is 0.550. The molecule has 0 N–H and O–H groups in total. The summed E-state index contributed by atoms with van der Waals surface area (Å²) in [4.78, 5) is 37.8. The quantitative estimate of drug-likeness (QED) is 0.816. The lowest BCUT2D eigenvalue weighted by molar-refractivity contribution is -0.137. The molecular weight excluding hydrogens is 342 g/mol. The molecule has 3 amide bonds. The van der Waals surface area contributed by atoms with Crippen LogP contribution < -0.4 is 4.90 Å². The number of unbranched alkanes of at least 4 members (excludes halogenated alkanes) is 1. The summed E-state index contributed by atoms with van der Waals surface area (Å²) in [5, 5.41) is 0. The highest BCUT2D eigenvalue weighted by atomic mass is 16.2. The molecule has 2 atom stereocenters. The van der Waals surface area contributed by atoms with Gasteiger partial charge in [0.2, 0.25) is 5.96 Å². The lowest BCUT2D eigenvalue weighted by Gasteiger charge is -2.40. The number of carbonyl (C=O) groups excluding carboxylic acids is 2. The summed E-state index contributed by atoms with van der Waals surface area (Å²) < 4.78 is 0. The second kappa shape index (κ2) is 6.55. The minimum absolute atomic E-state index is 0.114. The van der Waals surface area contributed by atoms with Crippen molar-refractivity contribution in [2.45, 2.75) is 45.8 Å². The minimum atomic E-state index is -0.438. The standard InChI is InChI=1S/C20H27N5O2/c1-5-6-9-25-18(26)16-17(22(4)20(25)27)21-19-23(10-11-24(16)19)15-8-7-13(2)14(3)12-15/h7-8,12,16-17H,5-6,9-11H2,1-4H3. The summed E-state index contributed by atoms with van der Waals surface area (Å²) in [5.41, 5.74) is 3.57. The average Bonchev–Trinajstić information content (AvgIpc) is 3.21. The van der Waals surface area contributed by atoms with Crippen LogP contribution in [0, 0.1) is 13.8 Å². The number of aliphatic imine (C=N–C) groups is 1. The first kappa shape index (κ1) is 17.8. The second-order valence-electron chi connectivity index (χ2n) is 7.64. The minimum Gasteiger partial charge on any atom is -0.325 e. The molecular formula is C20H27N5O2. The summed E-state index contributed by atoms with van der Waals surface area (Å²) >= 11 is 0. The number of imide groups is 1. The van der Waals surface area contributed by atoms with Crippen molar-refractivity contribution in [1.29, 1.82) is 0 Å². The normalized spacial score (nSPS) is 24.5. The zero-order chi connectivity index (χ0) is 19.3. The third-order valence-corrected chi connectivity index (χ3v) is 5.91. The topological polar surface area (TPSA) is 59.5 Å². The third-order valence-electron chi connectivity index (χ3n) is 5.91. The molecule has 0 spiro atoms. The number of urea groups is 1. The Kier molecular flexibility index (Phi) is 4.32. The third kappa shape index (κ3) is 2.67. The van der Waals surface area contributed by atoms with Gasteiger partial charge in [0, 0.05) is 32.4 Å². The van der Waals surface area contributed by atoms with Crippen molar-refractivity contribution < 1.29 is 9.59 Å². The van der Waals surface area contributed by atoms with Crippen molar-refractivity contribution in [3.05, 3.63) is 29.3 Å². The maximum absolute atomic E-state index is 13.1. The molecule has 4 rings (SSSR count). The van der Waals surface area contributed by atoms with E-state index in [4.69, 9.17) is 4.99 Å². The van der Waals surface area contributed by atoms with E-state index in [1.54, 1.807) is 11.9 Å². The van der Waals surface area contributed by atoms with Gasteiger partial charge in [-0.3, -0.25) is 9.69 Å². The number of amides is 3. The van der Waals surface area contributed by atoms with Crippen molar-refractivity contribution in [3.63, 3.8) is 0 Å². The number of anilines is 1. The van der Waals surface area contributed by atoms with E-state index in [0.29, 0.717) is 6.54 Å². The monoisotopic (exact) mass is 369 g/mol. The van der Waals surface area contributed by atoms with E-state index in [2.05, 4.69) is 48.8 Å². The molecule has 27 heavy (non-hydrogen) atoms. The highest BCUT2D eigenvalue weighted by molar-refractivity contribution is 6.08. The number of benzene rings is 1. The van der Waals surface area contributed by atoms with Crippen LogP contribution in [-0.4, -0.2) is 71.5 Å². The van der Waals surface area contributed by atoms with Crippen LogP contribution in [0.4, 0.5) is 10.5 Å². The molecule has 3 heterocycles. The number of aryl methyl sites for hydroxylation is 2. The smallest absolute Gasteiger partial charge is 0.325 e. The number of rotatable bonds is 4. The van der Waals surface area contributed by atoms with Crippen molar-refractivity contribution in [2.75, 3.05) is 31.6 Å². The number of guanidine groups is 1. The van der Waals surface area contributed by atoms with Crippen molar-refractivity contribution in [3.8, 4) is 0 Å². The molecule has 2 unspecified atom stereocenters. The van der Waals surface area contributed by atoms with Crippen molar-refractivity contribution in [2.24, 2.45) is 4.99 Å². The van der Waals surface area contributed by atoms with E-state index in [1.807, 2.05) is 0 Å². The number of hydrogen-bond donors (Lipinski definition) is 0. The van der Waals surface area contributed by atoms with Crippen LogP contribution in [0.25, 0.3) is 0 Å². The number of likely N-dealkylation sites (N-methyl/N-ethyl adjacent to an activating group) is 1. The van der Waals surface area contributed by atoms with Crippen LogP contribution in [0.5, 0.6) is 0 Å². The molecule has 0 saturated carbocycles. The molecule has 2 saturated heterocycles. The SMILES string of the molecule is CCCCN1C(=O)C2C(N=C3N(c4ccc(C)c(C)c4)CCN32)N(C)C1=O. The average molecular weight is 369 g/mol. The van der Waals surface area contributed by atoms with Gasteiger partial charge in [-0.1, -0.05) is 19.4 Å². The summed E-state index contributed by atoms with van der Waals surface area (Å²) in [6.45, 7) is 8.27. The Labute approximate surface area is 160 Å². The van der Waals surface area contributed by atoms with E-state index in [0.717, 1.165) is 37.6 Å². The molecule has 144 valence electrons. The first-order valence-corrected chi connectivity index (χ1v) is 9.71. The highest BCUT2D eigenvalue weighted by Crippen LogP contribution is 2.33. The molecule has 0 aliphatic carbocycles. The number of nitrogens with zero attached hydrogens (tertiary/aromatic N) is 5. The van der Waals surface area contributed by atoms with Crippen LogP contribution in [0.3, 0.4) is 0 Å². The van der Waals surface area contributed by atoms with Gasteiger partial charge in [0.05, 0.1) is 0 Å². The van der Waals surface area contributed by atoms with Crippen molar-refractivity contribution >= 4 is 23.6 Å². The molecule has 2 fully saturated rings. The van der Waals surface area contributed by atoms with Crippen LogP contribution in [0.1, 0.15) is 30.9 Å². The molecule has 3 aliphatic rings.